The molecule has 3 unspecified atom stereocenters. The molecule has 0 saturated carbocycles. The molecule has 152 valence electrons. The van der Waals surface area contributed by atoms with Gasteiger partial charge < -0.3 is 15.3 Å². The summed E-state index contributed by atoms with van der Waals surface area (Å²) >= 11 is 0. The van der Waals surface area contributed by atoms with Crippen molar-refractivity contribution in [3.8, 4) is 17.2 Å². The summed E-state index contributed by atoms with van der Waals surface area (Å²) in [7, 11) is 0. The lowest BCUT2D eigenvalue weighted by Crippen LogP contribution is -2.33. The van der Waals surface area contributed by atoms with Gasteiger partial charge in [0.25, 0.3) is 0 Å². The number of carbonyl (C=O) groups excluding carboxylic acids is 1. The van der Waals surface area contributed by atoms with Crippen LogP contribution in [0.5, 0.6) is 17.2 Å². The summed E-state index contributed by atoms with van der Waals surface area (Å²) < 4.78 is 0. The number of allylic oxidation sites excluding steroid dienone is 4. The Morgan fingerprint density at radius 3 is 2.28 bits per heavy atom. The lowest BCUT2D eigenvalue weighted by Gasteiger charge is -2.37. The molecule has 1 aliphatic carbocycles. The smallest absolute Gasteiger partial charge is 0.174 e. The lowest BCUT2D eigenvalue weighted by molar-refractivity contribution is 0.0844. The molecule has 4 heteroatoms. The first-order valence-electron chi connectivity index (χ1n) is 9.93. The van der Waals surface area contributed by atoms with Crippen molar-refractivity contribution in [1.29, 1.82) is 0 Å². The number of rotatable bonds is 5. The highest BCUT2D eigenvalue weighted by molar-refractivity contribution is 6.03. The lowest BCUT2D eigenvalue weighted by atomic mass is 9.65. The molecule has 0 aromatic heterocycles. The molecule has 29 heavy (non-hydrogen) atoms. The molecule has 3 N–H and O–H groups in total. The molecule has 3 atom stereocenters. The molecule has 0 saturated heterocycles. The van der Waals surface area contributed by atoms with Crippen LogP contribution in [0.4, 0.5) is 0 Å². The normalized spacial score (nSPS) is 21.3. The highest BCUT2D eigenvalue weighted by atomic mass is 16.3. The van der Waals surface area contributed by atoms with Crippen LogP contribution < -0.4 is 0 Å². The molecule has 0 radical (unpaired) electrons. The maximum Gasteiger partial charge on any atom is 0.174 e. The highest BCUT2D eigenvalue weighted by Gasteiger charge is 2.40. The summed E-state index contributed by atoms with van der Waals surface area (Å²) in [6, 6.07) is 12.1. The van der Waals surface area contributed by atoms with E-state index in [1.807, 2.05) is 51.1 Å². The van der Waals surface area contributed by atoms with Gasteiger partial charge in [0, 0.05) is 18.1 Å². The second-order valence-electron chi connectivity index (χ2n) is 8.07. The van der Waals surface area contributed by atoms with Crippen molar-refractivity contribution >= 4 is 5.78 Å². The van der Waals surface area contributed by atoms with Crippen LogP contribution in [0.25, 0.3) is 0 Å². The quantitative estimate of drug-likeness (QED) is 0.450. The number of carbonyl (C=O) groups is 1. The SMILES string of the molecule is CC(C)=CCC1C(C)=CCC(c2ccccc2)C1C(=O)c1c(O)cc(O)cc1O. The van der Waals surface area contributed by atoms with Gasteiger partial charge >= 0.3 is 0 Å². The minimum absolute atomic E-state index is 0.0380. The second-order valence-corrected chi connectivity index (χ2v) is 8.07. The van der Waals surface area contributed by atoms with Crippen LogP contribution in [0.3, 0.4) is 0 Å². The maximum atomic E-state index is 13.7. The molecule has 0 aliphatic heterocycles. The van der Waals surface area contributed by atoms with Gasteiger partial charge in [-0.1, -0.05) is 53.6 Å². The Morgan fingerprint density at radius 2 is 1.69 bits per heavy atom. The van der Waals surface area contributed by atoms with Gasteiger partial charge in [0.2, 0.25) is 0 Å². The summed E-state index contributed by atoms with van der Waals surface area (Å²) in [6.07, 6.45) is 5.76. The monoisotopic (exact) mass is 392 g/mol. The van der Waals surface area contributed by atoms with Crippen LogP contribution in [0.2, 0.25) is 0 Å². The highest BCUT2D eigenvalue weighted by Crippen LogP contribution is 2.46. The Morgan fingerprint density at radius 1 is 1.07 bits per heavy atom. The van der Waals surface area contributed by atoms with Crippen molar-refractivity contribution in [2.75, 3.05) is 0 Å². The summed E-state index contributed by atoms with van der Waals surface area (Å²) in [6.45, 7) is 6.11. The van der Waals surface area contributed by atoms with Gasteiger partial charge in [-0.2, -0.15) is 0 Å². The van der Waals surface area contributed by atoms with Gasteiger partial charge in [-0.05, 0) is 51.0 Å². The molecule has 0 bridgehead atoms. The Balaban J connectivity index is 2.12. The zero-order valence-corrected chi connectivity index (χ0v) is 17.1. The largest absolute Gasteiger partial charge is 0.508 e. The number of benzene rings is 2. The number of ketones is 1. The number of Topliss-reactive ketones (excluding diaryl/α,β-unsaturated/α-hetero) is 1. The van der Waals surface area contributed by atoms with Crippen molar-refractivity contribution < 1.29 is 20.1 Å². The number of hydrogen-bond donors (Lipinski definition) is 3. The molecule has 0 fully saturated rings. The standard InChI is InChI=1S/C25H28O4/c1-15(2)9-11-19-16(3)10-12-20(17-7-5-4-6-8-17)23(19)25(29)24-21(27)13-18(26)14-22(24)28/h4-10,13-14,19-20,23,26-28H,11-12H2,1-3H3. The summed E-state index contributed by atoms with van der Waals surface area (Å²) in [5, 5.41) is 30.3. The molecule has 2 aromatic carbocycles. The first kappa shape index (κ1) is 20.7. The summed E-state index contributed by atoms with van der Waals surface area (Å²) in [5.41, 5.74) is 3.27. The van der Waals surface area contributed by atoms with E-state index in [0.717, 1.165) is 29.7 Å². The Kier molecular flexibility index (Phi) is 6.12. The van der Waals surface area contributed by atoms with E-state index in [9.17, 15) is 20.1 Å². The van der Waals surface area contributed by atoms with Gasteiger partial charge in [-0.25, -0.2) is 0 Å². The van der Waals surface area contributed by atoms with Gasteiger partial charge in [0.1, 0.15) is 22.8 Å². The molecule has 0 amide bonds. The van der Waals surface area contributed by atoms with Crippen LogP contribution in [-0.2, 0) is 0 Å². The Bertz CT molecular complexity index is 929. The van der Waals surface area contributed by atoms with Gasteiger partial charge in [0.05, 0.1) is 0 Å². The minimum Gasteiger partial charge on any atom is -0.508 e. The number of phenolic OH excluding ortho intramolecular Hbond substituents is 3. The predicted octanol–water partition coefficient (Wildman–Crippen LogP) is 5.71. The molecule has 0 spiro atoms. The minimum atomic E-state index is -0.431. The third kappa shape index (κ3) is 4.37. The molecule has 0 heterocycles. The number of aromatic hydroxyl groups is 3. The van der Waals surface area contributed by atoms with Crippen molar-refractivity contribution in [1.82, 2.24) is 0 Å². The van der Waals surface area contributed by atoms with Crippen LogP contribution >= 0.6 is 0 Å². The second kappa shape index (κ2) is 8.56. The van der Waals surface area contributed by atoms with Crippen LogP contribution in [0.15, 0.2) is 65.8 Å². The van der Waals surface area contributed by atoms with Crippen molar-refractivity contribution in [3.05, 3.63) is 76.9 Å². The van der Waals surface area contributed by atoms with Gasteiger partial charge in [0.15, 0.2) is 5.78 Å². The molecular formula is C25H28O4. The molecule has 2 aromatic rings. The third-order valence-corrected chi connectivity index (χ3v) is 5.78. The fraction of sp³-hybridized carbons (Fsp3) is 0.320. The Labute approximate surface area is 171 Å². The summed E-state index contributed by atoms with van der Waals surface area (Å²) in [5.74, 6) is -1.90. The number of phenols is 3. The molecule has 4 nitrogen and oxygen atoms in total. The number of hydrogen-bond acceptors (Lipinski definition) is 4. The average Bonchev–Trinajstić information content (AvgIpc) is 2.66. The topological polar surface area (TPSA) is 77.8 Å². The average molecular weight is 392 g/mol. The van der Waals surface area contributed by atoms with E-state index in [1.165, 1.54) is 5.57 Å². The van der Waals surface area contributed by atoms with E-state index < -0.39 is 17.4 Å². The van der Waals surface area contributed by atoms with Crippen molar-refractivity contribution in [2.24, 2.45) is 11.8 Å². The van der Waals surface area contributed by atoms with Crippen LogP contribution in [-0.4, -0.2) is 21.1 Å². The molecule has 1 aliphatic rings. The van der Waals surface area contributed by atoms with Crippen LogP contribution in [0.1, 0.15) is 55.5 Å². The van der Waals surface area contributed by atoms with E-state index in [0.29, 0.717) is 6.42 Å². The molecular weight excluding hydrogens is 364 g/mol. The third-order valence-electron chi connectivity index (χ3n) is 5.78. The summed E-state index contributed by atoms with van der Waals surface area (Å²) in [4.78, 5) is 13.7. The molecule has 3 rings (SSSR count). The first-order valence-corrected chi connectivity index (χ1v) is 9.93. The van der Waals surface area contributed by atoms with Crippen LogP contribution in [0, 0.1) is 11.8 Å². The van der Waals surface area contributed by atoms with E-state index in [4.69, 9.17) is 0 Å². The fourth-order valence-electron chi connectivity index (χ4n) is 4.30. The van der Waals surface area contributed by atoms with E-state index in [2.05, 4.69) is 12.2 Å². The van der Waals surface area contributed by atoms with E-state index in [1.54, 1.807) is 0 Å². The van der Waals surface area contributed by atoms with Gasteiger partial charge in [-0.3, -0.25) is 4.79 Å². The Hall–Kier alpha value is -3.01. The zero-order valence-electron chi connectivity index (χ0n) is 17.1. The van der Waals surface area contributed by atoms with E-state index in [-0.39, 0.29) is 28.9 Å². The maximum absolute atomic E-state index is 13.7. The van der Waals surface area contributed by atoms with Crippen molar-refractivity contribution in [3.63, 3.8) is 0 Å². The fourth-order valence-corrected chi connectivity index (χ4v) is 4.30. The van der Waals surface area contributed by atoms with E-state index >= 15 is 0 Å². The van der Waals surface area contributed by atoms with Gasteiger partial charge in [-0.15, -0.1) is 0 Å². The van der Waals surface area contributed by atoms with Crippen molar-refractivity contribution in [2.45, 2.75) is 39.5 Å². The first-order chi connectivity index (χ1) is 13.8. The zero-order chi connectivity index (χ0) is 21.1. The predicted molar refractivity (Wildman–Crippen MR) is 114 cm³/mol.